The molecule has 0 spiro atoms. The van der Waals surface area contributed by atoms with Gasteiger partial charge in [-0.2, -0.15) is 0 Å². The van der Waals surface area contributed by atoms with Crippen molar-refractivity contribution >= 4 is 15.9 Å². The maximum absolute atomic E-state index is 12.0. The van der Waals surface area contributed by atoms with Gasteiger partial charge in [0, 0.05) is 30.9 Å². The largest absolute Gasteiger partial charge is 0.438 e. The lowest BCUT2D eigenvalue weighted by atomic mass is 10.2. The summed E-state index contributed by atoms with van der Waals surface area (Å²) in [6, 6.07) is 8.20. The summed E-state index contributed by atoms with van der Waals surface area (Å²) in [5.41, 5.74) is 0.865. The summed E-state index contributed by atoms with van der Waals surface area (Å²) < 4.78 is 31.6. The number of nitrogens with zero attached hydrogens (tertiary/aromatic N) is 1. The molecule has 0 radical (unpaired) electrons. The Labute approximate surface area is 134 Å². The maximum Gasteiger partial charge on any atom is 0.287 e. The second-order valence-corrected chi connectivity index (χ2v) is 6.99. The molecule has 3 rings (SSSR count). The van der Waals surface area contributed by atoms with Crippen molar-refractivity contribution in [3.8, 4) is 0 Å². The van der Waals surface area contributed by atoms with E-state index in [9.17, 15) is 13.2 Å². The number of aromatic nitrogens is 1. The first kappa shape index (κ1) is 15.7. The Hall–Kier alpha value is -2.19. The van der Waals surface area contributed by atoms with Gasteiger partial charge in [0.25, 0.3) is 15.9 Å². The van der Waals surface area contributed by atoms with E-state index in [1.54, 1.807) is 6.20 Å². The first-order valence-electron chi connectivity index (χ1n) is 7.35. The van der Waals surface area contributed by atoms with Gasteiger partial charge in [-0.25, -0.2) is 13.1 Å². The molecular formula is C15H17N3O4S. The molecule has 0 saturated heterocycles. The van der Waals surface area contributed by atoms with Crippen LogP contribution in [-0.2, 0) is 16.4 Å². The Morgan fingerprint density at radius 2 is 2.09 bits per heavy atom. The topological polar surface area (TPSA) is 101 Å². The van der Waals surface area contributed by atoms with Crippen LogP contribution in [0, 0.1) is 0 Å². The lowest BCUT2D eigenvalue weighted by Gasteiger charge is -2.03. The van der Waals surface area contributed by atoms with E-state index < -0.39 is 15.9 Å². The van der Waals surface area contributed by atoms with E-state index in [-0.39, 0.29) is 16.9 Å². The molecule has 1 aliphatic rings. The second-order valence-electron chi connectivity index (χ2n) is 5.34. The quantitative estimate of drug-likeness (QED) is 0.789. The van der Waals surface area contributed by atoms with Crippen LogP contribution in [0.4, 0.5) is 0 Å². The zero-order valence-corrected chi connectivity index (χ0v) is 13.2. The molecule has 2 N–H and O–H groups in total. The predicted octanol–water partition coefficient (Wildman–Crippen LogP) is 1.09. The summed E-state index contributed by atoms with van der Waals surface area (Å²) in [6.45, 7) is 0.388. The fraction of sp³-hybridized carbons (Fsp3) is 0.333. The maximum atomic E-state index is 12.0. The Balaban J connectivity index is 1.55. The van der Waals surface area contributed by atoms with Crippen molar-refractivity contribution in [1.82, 2.24) is 15.0 Å². The average Bonchev–Trinajstić information content (AvgIpc) is 3.18. The number of carbonyl (C=O) groups is 1. The van der Waals surface area contributed by atoms with Gasteiger partial charge in [0.1, 0.15) is 0 Å². The molecule has 2 aromatic rings. The van der Waals surface area contributed by atoms with Gasteiger partial charge in [0.2, 0.25) is 5.09 Å². The predicted molar refractivity (Wildman–Crippen MR) is 82.3 cm³/mol. The third kappa shape index (κ3) is 4.17. The van der Waals surface area contributed by atoms with Crippen molar-refractivity contribution in [2.45, 2.75) is 30.4 Å². The highest BCUT2D eigenvalue weighted by molar-refractivity contribution is 7.89. The van der Waals surface area contributed by atoms with Gasteiger partial charge >= 0.3 is 0 Å². The van der Waals surface area contributed by atoms with Crippen LogP contribution in [0.5, 0.6) is 0 Å². The van der Waals surface area contributed by atoms with Gasteiger partial charge in [-0.1, -0.05) is 6.07 Å². The van der Waals surface area contributed by atoms with Gasteiger partial charge < -0.3 is 9.73 Å². The average molecular weight is 335 g/mol. The van der Waals surface area contributed by atoms with Crippen molar-refractivity contribution in [2.24, 2.45) is 0 Å². The SMILES string of the molecule is O=C(NCCc1ccccn1)c1ccc(S(=O)(=O)NC2CC2)o1. The van der Waals surface area contributed by atoms with E-state index in [2.05, 4.69) is 15.0 Å². The van der Waals surface area contributed by atoms with Gasteiger partial charge in [0.15, 0.2) is 5.76 Å². The summed E-state index contributed by atoms with van der Waals surface area (Å²) in [6.07, 6.45) is 3.94. The van der Waals surface area contributed by atoms with Crippen LogP contribution >= 0.6 is 0 Å². The van der Waals surface area contributed by atoms with Crippen molar-refractivity contribution in [3.05, 3.63) is 48.0 Å². The molecule has 122 valence electrons. The summed E-state index contributed by atoms with van der Waals surface area (Å²) in [4.78, 5) is 16.1. The van der Waals surface area contributed by atoms with Crippen LogP contribution < -0.4 is 10.0 Å². The molecule has 2 heterocycles. The van der Waals surface area contributed by atoms with E-state index in [0.29, 0.717) is 13.0 Å². The molecule has 0 unspecified atom stereocenters. The highest BCUT2D eigenvalue weighted by Crippen LogP contribution is 2.23. The molecule has 0 atom stereocenters. The summed E-state index contributed by atoms with van der Waals surface area (Å²) in [5.74, 6) is -0.476. The fourth-order valence-electron chi connectivity index (χ4n) is 2.00. The van der Waals surface area contributed by atoms with E-state index in [1.807, 2.05) is 18.2 Å². The standard InChI is InChI=1S/C15H17N3O4S/c19-15(17-10-8-11-3-1-2-9-16-11)13-6-7-14(22-13)23(20,21)18-12-4-5-12/h1-3,6-7,9,12,18H,4-5,8,10H2,(H,17,19). The number of hydrogen-bond acceptors (Lipinski definition) is 5. The smallest absolute Gasteiger partial charge is 0.287 e. The van der Waals surface area contributed by atoms with Crippen molar-refractivity contribution in [1.29, 1.82) is 0 Å². The molecule has 1 fully saturated rings. The first-order valence-corrected chi connectivity index (χ1v) is 8.83. The number of sulfonamides is 1. The first-order chi connectivity index (χ1) is 11.0. The Morgan fingerprint density at radius 1 is 1.26 bits per heavy atom. The minimum Gasteiger partial charge on any atom is -0.438 e. The molecule has 7 nitrogen and oxygen atoms in total. The van der Waals surface area contributed by atoms with Crippen molar-refractivity contribution < 1.29 is 17.6 Å². The molecule has 23 heavy (non-hydrogen) atoms. The van der Waals surface area contributed by atoms with E-state index in [4.69, 9.17) is 4.42 Å². The summed E-state index contributed by atoms with van der Waals surface area (Å²) >= 11 is 0. The van der Waals surface area contributed by atoms with Crippen molar-refractivity contribution in [3.63, 3.8) is 0 Å². The van der Waals surface area contributed by atoms with Gasteiger partial charge in [-0.15, -0.1) is 0 Å². The highest BCUT2D eigenvalue weighted by atomic mass is 32.2. The summed E-state index contributed by atoms with van der Waals surface area (Å²) in [5, 5.41) is 2.44. The monoisotopic (exact) mass is 335 g/mol. The highest BCUT2D eigenvalue weighted by Gasteiger charge is 2.30. The van der Waals surface area contributed by atoms with Crippen LogP contribution in [0.2, 0.25) is 0 Å². The zero-order chi connectivity index (χ0) is 16.3. The molecule has 1 amide bonds. The third-order valence-corrected chi connectivity index (χ3v) is 4.75. The number of rotatable bonds is 7. The number of pyridine rings is 1. The minimum atomic E-state index is -3.68. The Bertz CT molecular complexity index is 782. The molecule has 2 aromatic heterocycles. The minimum absolute atomic E-state index is 0.0132. The van der Waals surface area contributed by atoms with E-state index >= 15 is 0 Å². The normalized spacial score (nSPS) is 14.6. The third-order valence-electron chi connectivity index (χ3n) is 3.36. The molecule has 8 heteroatoms. The number of amides is 1. The van der Waals surface area contributed by atoms with Gasteiger partial charge in [0.05, 0.1) is 0 Å². The van der Waals surface area contributed by atoms with Crippen molar-refractivity contribution in [2.75, 3.05) is 6.54 Å². The van der Waals surface area contributed by atoms with Crippen LogP contribution in [0.25, 0.3) is 0 Å². The number of hydrogen-bond donors (Lipinski definition) is 2. The molecular weight excluding hydrogens is 318 g/mol. The van der Waals surface area contributed by atoms with Crippen LogP contribution in [0.1, 0.15) is 29.1 Å². The van der Waals surface area contributed by atoms with E-state index in [0.717, 1.165) is 18.5 Å². The number of nitrogens with one attached hydrogen (secondary N) is 2. The van der Waals surface area contributed by atoms with Crippen LogP contribution in [0.15, 0.2) is 46.0 Å². The lowest BCUT2D eigenvalue weighted by Crippen LogP contribution is -2.26. The Morgan fingerprint density at radius 3 is 2.78 bits per heavy atom. The molecule has 0 aliphatic heterocycles. The Kier molecular flexibility index (Phi) is 4.44. The van der Waals surface area contributed by atoms with Gasteiger partial charge in [-0.3, -0.25) is 9.78 Å². The molecule has 1 saturated carbocycles. The zero-order valence-electron chi connectivity index (χ0n) is 12.4. The number of furan rings is 1. The van der Waals surface area contributed by atoms with E-state index in [1.165, 1.54) is 12.1 Å². The molecule has 0 bridgehead atoms. The van der Waals surface area contributed by atoms with Crippen LogP contribution in [-0.4, -0.2) is 31.9 Å². The fourth-order valence-corrected chi connectivity index (χ4v) is 3.24. The molecule has 1 aliphatic carbocycles. The second kappa shape index (κ2) is 6.51. The van der Waals surface area contributed by atoms with Crippen LogP contribution in [0.3, 0.4) is 0 Å². The van der Waals surface area contributed by atoms with Gasteiger partial charge in [-0.05, 0) is 37.1 Å². The summed E-state index contributed by atoms with van der Waals surface area (Å²) in [7, 11) is -3.68. The number of carbonyl (C=O) groups excluding carboxylic acids is 1. The lowest BCUT2D eigenvalue weighted by molar-refractivity contribution is 0.0921. The molecule has 0 aromatic carbocycles.